The van der Waals surface area contributed by atoms with Gasteiger partial charge in [0.05, 0.1) is 12.7 Å². The maximum atomic E-state index is 9.49. The van der Waals surface area contributed by atoms with Crippen LogP contribution >= 0.6 is 0 Å². The van der Waals surface area contributed by atoms with Crippen LogP contribution in [0.1, 0.15) is 18.6 Å². The first-order chi connectivity index (χ1) is 6.69. The largest absolute Gasteiger partial charge is 0.504 e. The predicted octanol–water partition coefficient (Wildman–Crippen LogP) is 0.783. The van der Waals surface area contributed by atoms with E-state index in [0.717, 1.165) is 0 Å². The Morgan fingerprint density at radius 1 is 1.50 bits per heavy atom. The Morgan fingerprint density at radius 3 is 2.71 bits per heavy atom. The molecular weight excluding hydrogens is 182 g/mol. The number of hydrogen-bond donors (Lipinski definition) is 3. The Bertz CT molecular complexity index is 301. The van der Waals surface area contributed by atoms with E-state index in [2.05, 4.69) is 0 Å². The van der Waals surface area contributed by atoms with Crippen molar-refractivity contribution in [2.45, 2.75) is 13.0 Å². The highest BCUT2D eigenvalue weighted by molar-refractivity contribution is 5.42. The number of nitrogens with two attached hydrogens (primary N) is 1. The lowest BCUT2D eigenvalue weighted by atomic mass is 10.1. The first-order valence-electron chi connectivity index (χ1n) is 4.52. The smallest absolute Gasteiger partial charge is 0.160 e. The van der Waals surface area contributed by atoms with Crippen molar-refractivity contribution in [1.29, 1.82) is 0 Å². The average Bonchev–Trinajstić information content (AvgIpc) is 2.20. The number of benzene rings is 1. The molecule has 0 aliphatic rings. The van der Waals surface area contributed by atoms with Crippen LogP contribution in [0.5, 0.6) is 11.5 Å². The summed E-state index contributed by atoms with van der Waals surface area (Å²) in [6.45, 7) is 2.46. The summed E-state index contributed by atoms with van der Waals surface area (Å²) >= 11 is 0. The van der Waals surface area contributed by atoms with Gasteiger partial charge in [-0.2, -0.15) is 0 Å². The maximum Gasteiger partial charge on any atom is 0.160 e. The molecule has 0 saturated carbocycles. The van der Waals surface area contributed by atoms with Gasteiger partial charge >= 0.3 is 0 Å². The number of phenolic OH excluding ortho intramolecular Hbond substituents is 1. The van der Waals surface area contributed by atoms with Gasteiger partial charge in [-0.25, -0.2) is 0 Å². The molecule has 0 radical (unpaired) electrons. The molecule has 0 spiro atoms. The van der Waals surface area contributed by atoms with Crippen molar-refractivity contribution in [1.82, 2.24) is 0 Å². The number of rotatable bonds is 4. The number of ether oxygens (including phenoxy) is 1. The molecule has 1 aromatic carbocycles. The van der Waals surface area contributed by atoms with E-state index < -0.39 is 6.10 Å². The Kier molecular flexibility index (Phi) is 3.73. The van der Waals surface area contributed by atoms with Crippen molar-refractivity contribution >= 4 is 0 Å². The lowest BCUT2D eigenvalue weighted by molar-refractivity contribution is 0.186. The summed E-state index contributed by atoms with van der Waals surface area (Å²) in [4.78, 5) is 0. The number of phenols is 1. The molecule has 0 heterocycles. The van der Waals surface area contributed by atoms with Gasteiger partial charge in [0, 0.05) is 6.54 Å². The van der Waals surface area contributed by atoms with Gasteiger partial charge < -0.3 is 20.7 Å². The number of aliphatic hydroxyl groups excluding tert-OH is 1. The molecule has 0 bridgehead atoms. The Labute approximate surface area is 82.9 Å². The quantitative estimate of drug-likeness (QED) is 0.666. The zero-order chi connectivity index (χ0) is 10.6. The molecule has 0 fully saturated rings. The molecule has 4 heteroatoms. The molecule has 4 nitrogen and oxygen atoms in total. The van der Waals surface area contributed by atoms with E-state index in [9.17, 15) is 10.2 Å². The van der Waals surface area contributed by atoms with Crippen LogP contribution in [0.25, 0.3) is 0 Å². The van der Waals surface area contributed by atoms with Crippen LogP contribution in [0.15, 0.2) is 18.2 Å². The van der Waals surface area contributed by atoms with E-state index in [1.165, 1.54) is 6.07 Å². The summed E-state index contributed by atoms with van der Waals surface area (Å²) < 4.78 is 5.14. The summed E-state index contributed by atoms with van der Waals surface area (Å²) in [6, 6.07) is 4.76. The predicted molar refractivity (Wildman–Crippen MR) is 53.3 cm³/mol. The fraction of sp³-hybridized carbons (Fsp3) is 0.400. The van der Waals surface area contributed by atoms with Gasteiger partial charge in [-0.05, 0) is 24.6 Å². The van der Waals surface area contributed by atoms with E-state index in [-0.39, 0.29) is 12.3 Å². The van der Waals surface area contributed by atoms with Crippen LogP contribution in [0.3, 0.4) is 0 Å². The third kappa shape index (κ3) is 2.37. The Hall–Kier alpha value is -1.26. The number of aromatic hydroxyl groups is 1. The molecule has 78 valence electrons. The molecule has 0 unspecified atom stereocenters. The standard InChI is InChI=1S/C10H15NO3/c1-2-14-10-4-3-7(5-8(10)12)9(13)6-11/h3-5,9,12-13H,2,6,11H2,1H3/t9-/m0/s1. The van der Waals surface area contributed by atoms with Gasteiger partial charge in [0.25, 0.3) is 0 Å². The minimum atomic E-state index is -0.739. The average molecular weight is 197 g/mol. The summed E-state index contributed by atoms with van der Waals surface area (Å²) in [7, 11) is 0. The van der Waals surface area contributed by atoms with Crippen molar-refractivity contribution in [3.05, 3.63) is 23.8 Å². The third-order valence-corrected chi connectivity index (χ3v) is 1.89. The van der Waals surface area contributed by atoms with Gasteiger partial charge in [-0.1, -0.05) is 6.07 Å². The fourth-order valence-electron chi connectivity index (χ4n) is 1.16. The second kappa shape index (κ2) is 4.83. The molecule has 0 saturated heterocycles. The molecular formula is C10H15NO3. The molecule has 0 aliphatic carbocycles. The molecule has 0 aromatic heterocycles. The highest BCUT2D eigenvalue weighted by Gasteiger charge is 2.08. The minimum absolute atomic E-state index is 0.0249. The van der Waals surface area contributed by atoms with Crippen molar-refractivity contribution in [2.75, 3.05) is 13.2 Å². The SMILES string of the molecule is CCOc1ccc([C@@H](O)CN)cc1O. The van der Waals surface area contributed by atoms with Crippen LogP contribution in [-0.4, -0.2) is 23.4 Å². The fourth-order valence-corrected chi connectivity index (χ4v) is 1.16. The van der Waals surface area contributed by atoms with Gasteiger partial charge in [-0.15, -0.1) is 0 Å². The third-order valence-electron chi connectivity index (χ3n) is 1.89. The van der Waals surface area contributed by atoms with Crippen LogP contribution in [0.4, 0.5) is 0 Å². The van der Waals surface area contributed by atoms with E-state index in [1.807, 2.05) is 6.92 Å². The summed E-state index contributed by atoms with van der Waals surface area (Å²) in [5.41, 5.74) is 5.88. The van der Waals surface area contributed by atoms with E-state index in [1.54, 1.807) is 12.1 Å². The monoisotopic (exact) mass is 197 g/mol. The van der Waals surface area contributed by atoms with Crippen molar-refractivity contribution < 1.29 is 14.9 Å². The van der Waals surface area contributed by atoms with E-state index in [4.69, 9.17) is 10.5 Å². The first kappa shape index (κ1) is 10.8. The van der Waals surface area contributed by atoms with Crippen molar-refractivity contribution in [3.63, 3.8) is 0 Å². The zero-order valence-corrected chi connectivity index (χ0v) is 8.10. The summed E-state index contributed by atoms with van der Waals surface area (Å²) in [5.74, 6) is 0.442. The van der Waals surface area contributed by atoms with Crippen molar-refractivity contribution in [2.24, 2.45) is 5.73 Å². The first-order valence-corrected chi connectivity index (χ1v) is 4.52. The molecule has 0 aliphatic heterocycles. The molecule has 1 aromatic rings. The van der Waals surface area contributed by atoms with Crippen LogP contribution in [-0.2, 0) is 0 Å². The van der Waals surface area contributed by atoms with E-state index >= 15 is 0 Å². The molecule has 1 rings (SSSR count). The minimum Gasteiger partial charge on any atom is -0.504 e. The topological polar surface area (TPSA) is 75.7 Å². The molecule has 4 N–H and O–H groups in total. The summed E-state index contributed by atoms with van der Waals surface area (Å²) in [6.07, 6.45) is -0.739. The van der Waals surface area contributed by atoms with Crippen molar-refractivity contribution in [3.8, 4) is 11.5 Å². The van der Waals surface area contributed by atoms with Crippen LogP contribution in [0, 0.1) is 0 Å². The van der Waals surface area contributed by atoms with Crippen LogP contribution < -0.4 is 10.5 Å². The zero-order valence-electron chi connectivity index (χ0n) is 8.10. The molecule has 1 atom stereocenters. The second-order valence-electron chi connectivity index (χ2n) is 2.91. The van der Waals surface area contributed by atoms with Gasteiger partial charge in [-0.3, -0.25) is 0 Å². The Morgan fingerprint density at radius 2 is 2.21 bits per heavy atom. The lowest BCUT2D eigenvalue weighted by Crippen LogP contribution is -2.11. The highest BCUT2D eigenvalue weighted by Crippen LogP contribution is 2.28. The van der Waals surface area contributed by atoms with Gasteiger partial charge in [0.2, 0.25) is 0 Å². The lowest BCUT2D eigenvalue weighted by Gasteiger charge is -2.10. The molecule has 14 heavy (non-hydrogen) atoms. The van der Waals surface area contributed by atoms with Crippen LogP contribution in [0.2, 0.25) is 0 Å². The number of hydrogen-bond acceptors (Lipinski definition) is 4. The second-order valence-corrected chi connectivity index (χ2v) is 2.91. The number of aliphatic hydroxyl groups is 1. The van der Waals surface area contributed by atoms with Gasteiger partial charge in [0.1, 0.15) is 0 Å². The van der Waals surface area contributed by atoms with Gasteiger partial charge in [0.15, 0.2) is 11.5 Å². The normalized spacial score (nSPS) is 12.5. The molecule has 0 amide bonds. The summed E-state index contributed by atoms with van der Waals surface area (Å²) in [5, 5.41) is 18.9. The maximum absolute atomic E-state index is 9.49. The van der Waals surface area contributed by atoms with E-state index in [0.29, 0.717) is 17.9 Å². The Balaban J connectivity index is 2.88. The highest BCUT2D eigenvalue weighted by atomic mass is 16.5.